The van der Waals surface area contributed by atoms with Gasteiger partial charge in [-0.1, -0.05) is 13.0 Å². The summed E-state index contributed by atoms with van der Waals surface area (Å²) in [5.41, 5.74) is 2.07. The van der Waals surface area contributed by atoms with Crippen molar-refractivity contribution in [2.24, 2.45) is 0 Å². The summed E-state index contributed by atoms with van der Waals surface area (Å²) in [6.07, 6.45) is 0.882. The van der Waals surface area contributed by atoms with Crippen LogP contribution in [0, 0.1) is 10.1 Å². The summed E-state index contributed by atoms with van der Waals surface area (Å²) in [7, 11) is -0.568. The van der Waals surface area contributed by atoms with Crippen molar-refractivity contribution in [1.29, 1.82) is 0 Å². The maximum atomic E-state index is 12.4. The quantitative estimate of drug-likeness (QED) is 0.445. The lowest BCUT2D eigenvalue weighted by Gasteiger charge is -2.11. The monoisotopic (exact) mass is 417 g/mol. The van der Waals surface area contributed by atoms with Gasteiger partial charge >= 0.3 is 0 Å². The van der Waals surface area contributed by atoms with Crippen molar-refractivity contribution in [2.45, 2.75) is 31.3 Å². The molecule has 0 radical (unpaired) electrons. The van der Waals surface area contributed by atoms with Crippen molar-refractivity contribution in [3.05, 3.63) is 58.4 Å². The van der Waals surface area contributed by atoms with Crippen molar-refractivity contribution >= 4 is 32.4 Å². The van der Waals surface area contributed by atoms with Crippen LogP contribution in [-0.4, -0.2) is 41.3 Å². The Hall–Kier alpha value is -2.98. The van der Waals surface area contributed by atoms with Gasteiger partial charge in [-0.2, -0.15) is 0 Å². The van der Waals surface area contributed by atoms with E-state index in [4.69, 9.17) is 0 Å². The fourth-order valence-electron chi connectivity index (χ4n) is 3.05. The zero-order chi connectivity index (χ0) is 21.2. The molecule has 3 aromatic rings. The van der Waals surface area contributed by atoms with Crippen molar-refractivity contribution in [2.75, 3.05) is 19.4 Å². The third kappa shape index (κ3) is 4.22. The van der Waals surface area contributed by atoms with E-state index in [0.29, 0.717) is 17.7 Å². The molecule has 0 atom stereocenters. The van der Waals surface area contributed by atoms with Crippen LogP contribution < -0.4 is 5.32 Å². The first-order valence-corrected chi connectivity index (χ1v) is 10.6. The summed E-state index contributed by atoms with van der Waals surface area (Å²) >= 11 is 0. The number of hydrogen-bond donors (Lipinski definition) is 1. The molecule has 0 aliphatic rings. The largest absolute Gasteiger partial charge is 0.378 e. The number of nitrogens with zero attached hydrogens (tertiary/aromatic N) is 4. The Labute approximate surface area is 169 Å². The minimum atomic E-state index is -3.55. The van der Waals surface area contributed by atoms with Gasteiger partial charge in [-0.25, -0.2) is 17.7 Å². The number of nitrogens with one attached hydrogen (secondary N) is 1. The normalized spacial score (nSPS) is 11.9. The highest BCUT2D eigenvalue weighted by atomic mass is 32.2. The minimum Gasteiger partial charge on any atom is -0.378 e. The molecule has 3 rings (SSSR count). The Kier molecular flexibility index (Phi) is 5.85. The fourth-order valence-corrected chi connectivity index (χ4v) is 3.97. The molecule has 1 heterocycles. The van der Waals surface area contributed by atoms with Crippen LogP contribution >= 0.6 is 0 Å². The number of imidazole rings is 1. The molecule has 1 N–H and O–H groups in total. The second-order valence-electron chi connectivity index (χ2n) is 6.78. The highest BCUT2D eigenvalue weighted by Gasteiger charge is 2.19. The molecule has 0 amide bonds. The Balaban J connectivity index is 1.95. The van der Waals surface area contributed by atoms with E-state index in [-0.39, 0.29) is 10.6 Å². The molecule has 0 aliphatic heterocycles. The molecule has 0 unspecified atom stereocenters. The third-order valence-corrected chi connectivity index (χ3v) is 6.34. The van der Waals surface area contributed by atoms with E-state index >= 15 is 0 Å². The first-order chi connectivity index (χ1) is 13.7. The molecular formula is C19H23N5O4S. The van der Waals surface area contributed by atoms with Crippen LogP contribution in [-0.2, 0) is 23.1 Å². The standard InChI is InChI=1S/C19H23N5O4S/c1-4-10-23-18-9-8-16(29(27,28)22(2)3)12-17(18)21-19(23)13-20-14-6-5-7-15(11-14)24(25)26/h5-9,11-12,20H,4,10,13H2,1-3H3. The van der Waals surface area contributed by atoms with E-state index in [1.807, 2.05) is 4.57 Å². The van der Waals surface area contributed by atoms with E-state index in [9.17, 15) is 18.5 Å². The molecular weight excluding hydrogens is 394 g/mol. The predicted molar refractivity (Wildman–Crippen MR) is 111 cm³/mol. The van der Waals surface area contributed by atoms with E-state index in [1.165, 1.54) is 30.5 Å². The lowest BCUT2D eigenvalue weighted by molar-refractivity contribution is -0.384. The number of aromatic nitrogens is 2. The van der Waals surface area contributed by atoms with Gasteiger partial charge in [0.25, 0.3) is 5.69 Å². The van der Waals surface area contributed by atoms with E-state index in [2.05, 4.69) is 17.2 Å². The Morgan fingerprint density at radius 1 is 1.21 bits per heavy atom. The van der Waals surface area contributed by atoms with Crippen LogP contribution in [0.2, 0.25) is 0 Å². The fraction of sp³-hybridized carbons (Fsp3) is 0.316. The maximum absolute atomic E-state index is 12.4. The zero-order valence-electron chi connectivity index (χ0n) is 16.5. The molecule has 0 saturated heterocycles. The lowest BCUT2D eigenvalue weighted by atomic mass is 10.3. The Morgan fingerprint density at radius 2 is 1.97 bits per heavy atom. The summed E-state index contributed by atoms with van der Waals surface area (Å²) in [5, 5.41) is 14.1. The third-order valence-electron chi connectivity index (χ3n) is 4.53. The van der Waals surface area contributed by atoms with Gasteiger partial charge in [-0.05, 0) is 30.7 Å². The molecule has 9 nitrogen and oxygen atoms in total. The summed E-state index contributed by atoms with van der Waals surface area (Å²) < 4.78 is 28.0. The number of nitro benzene ring substituents is 1. The molecule has 0 saturated carbocycles. The number of anilines is 1. The van der Waals surface area contributed by atoms with E-state index < -0.39 is 14.9 Å². The van der Waals surface area contributed by atoms with Crippen LogP contribution in [0.25, 0.3) is 11.0 Å². The molecule has 29 heavy (non-hydrogen) atoms. The van der Waals surface area contributed by atoms with Crippen molar-refractivity contribution in [1.82, 2.24) is 13.9 Å². The first kappa shape index (κ1) is 20.7. The molecule has 154 valence electrons. The molecule has 1 aromatic heterocycles. The minimum absolute atomic E-state index is 0.00981. The number of benzene rings is 2. The van der Waals surface area contributed by atoms with Crippen LogP contribution in [0.4, 0.5) is 11.4 Å². The predicted octanol–water partition coefficient (Wildman–Crippen LogP) is 3.22. The number of nitro groups is 1. The van der Waals surface area contributed by atoms with Crippen LogP contribution in [0.1, 0.15) is 19.2 Å². The first-order valence-electron chi connectivity index (χ1n) is 9.14. The Bertz CT molecular complexity index is 1150. The number of aryl methyl sites for hydroxylation is 1. The molecule has 10 heteroatoms. The van der Waals surface area contributed by atoms with Crippen LogP contribution in [0.15, 0.2) is 47.4 Å². The van der Waals surface area contributed by atoms with E-state index in [1.54, 1.807) is 30.3 Å². The maximum Gasteiger partial charge on any atom is 0.271 e. The van der Waals surface area contributed by atoms with Crippen LogP contribution in [0.5, 0.6) is 0 Å². The molecule has 2 aromatic carbocycles. The summed E-state index contributed by atoms with van der Waals surface area (Å²) in [5.74, 6) is 0.729. The van der Waals surface area contributed by atoms with Gasteiger partial charge in [-0.3, -0.25) is 10.1 Å². The van der Waals surface area contributed by atoms with Gasteiger partial charge < -0.3 is 9.88 Å². The molecule has 0 spiro atoms. The summed E-state index contributed by atoms with van der Waals surface area (Å²) in [6, 6.07) is 11.2. The zero-order valence-corrected chi connectivity index (χ0v) is 17.3. The van der Waals surface area contributed by atoms with Crippen molar-refractivity contribution < 1.29 is 13.3 Å². The second-order valence-corrected chi connectivity index (χ2v) is 8.93. The summed E-state index contributed by atoms with van der Waals surface area (Å²) in [4.78, 5) is 15.3. The topological polar surface area (TPSA) is 110 Å². The smallest absolute Gasteiger partial charge is 0.271 e. The molecule has 0 aliphatic carbocycles. The van der Waals surface area contributed by atoms with Gasteiger partial charge in [0.05, 0.1) is 27.4 Å². The molecule has 0 bridgehead atoms. The number of fused-ring (bicyclic) bond motifs is 1. The summed E-state index contributed by atoms with van der Waals surface area (Å²) in [6.45, 7) is 3.13. The van der Waals surface area contributed by atoms with Crippen LogP contribution in [0.3, 0.4) is 0 Å². The lowest BCUT2D eigenvalue weighted by Crippen LogP contribution is -2.22. The average Bonchev–Trinajstić information content (AvgIpc) is 3.03. The van der Waals surface area contributed by atoms with Gasteiger partial charge in [0.2, 0.25) is 10.0 Å². The highest BCUT2D eigenvalue weighted by Crippen LogP contribution is 2.24. The number of hydrogen-bond acceptors (Lipinski definition) is 6. The van der Waals surface area contributed by atoms with Crippen molar-refractivity contribution in [3.63, 3.8) is 0 Å². The van der Waals surface area contributed by atoms with Gasteiger partial charge in [0.1, 0.15) is 5.82 Å². The van der Waals surface area contributed by atoms with Gasteiger partial charge in [0, 0.05) is 38.5 Å². The number of non-ortho nitro benzene ring substituents is 1. The second kappa shape index (κ2) is 8.18. The number of sulfonamides is 1. The van der Waals surface area contributed by atoms with Gasteiger partial charge in [0.15, 0.2) is 0 Å². The van der Waals surface area contributed by atoms with Gasteiger partial charge in [-0.15, -0.1) is 0 Å². The number of rotatable bonds is 8. The van der Waals surface area contributed by atoms with E-state index in [0.717, 1.165) is 24.3 Å². The Morgan fingerprint density at radius 3 is 2.62 bits per heavy atom. The SMILES string of the molecule is CCCn1c(CNc2cccc([N+](=O)[O-])c2)nc2cc(S(=O)(=O)N(C)C)ccc21. The van der Waals surface area contributed by atoms with Crippen molar-refractivity contribution in [3.8, 4) is 0 Å². The molecule has 0 fully saturated rings. The average molecular weight is 417 g/mol. The highest BCUT2D eigenvalue weighted by molar-refractivity contribution is 7.89.